The second kappa shape index (κ2) is 7.59. The molecule has 2 N–H and O–H groups in total. The molecule has 0 spiro atoms. The van der Waals surface area contributed by atoms with E-state index < -0.39 is 0 Å². The van der Waals surface area contributed by atoms with Crippen LogP contribution in [0, 0.1) is 5.92 Å². The van der Waals surface area contributed by atoms with Crippen LogP contribution in [0.25, 0.3) is 5.69 Å². The molecule has 2 aromatic rings. The Hall–Kier alpha value is -2.14. The third kappa shape index (κ3) is 4.16. The first-order valence-electron chi connectivity index (χ1n) is 7.23. The average Bonchev–Trinajstić information content (AvgIpc) is 3.05. The summed E-state index contributed by atoms with van der Waals surface area (Å²) in [6, 6.07) is 9.17. The SMILES string of the molecule is CCC(CCO)CNC(=O)c1ccc(-n2cccn2)cc1. The van der Waals surface area contributed by atoms with Crippen molar-refractivity contribution >= 4 is 5.91 Å². The number of aromatic nitrogens is 2. The third-order valence-electron chi connectivity index (χ3n) is 3.56. The second-order valence-corrected chi connectivity index (χ2v) is 4.99. The minimum atomic E-state index is -0.0848. The number of benzene rings is 1. The average molecular weight is 287 g/mol. The summed E-state index contributed by atoms with van der Waals surface area (Å²) in [5.74, 6) is 0.237. The standard InChI is InChI=1S/C16H21N3O2/c1-2-13(8-11-20)12-17-16(21)14-4-6-15(7-5-14)19-10-3-9-18-19/h3-7,9-10,13,20H,2,8,11-12H2,1H3,(H,17,21). The van der Waals surface area contributed by atoms with E-state index in [4.69, 9.17) is 5.11 Å². The minimum absolute atomic E-state index is 0.0848. The fraction of sp³-hybridized carbons (Fsp3) is 0.375. The highest BCUT2D eigenvalue weighted by molar-refractivity contribution is 5.94. The molecule has 21 heavy (non-hydrogen) atoms. The van der Waals surface area contributed by atoms with E-state index in [1.807, 2.05) is 24.4 Å². The van der Waals surface area contributed by atoms with Crippen molar-refractivity contribution in [1.82, 2.24) is 15.1 Å². The van der Waals surface area contributed by atoms with Gasteiger partial charge in [-0.1, -0.05) is 13.3 Å². The molecule has 0 fully saturated rings. The number of amides is 1. The number of aliphatic hydroxyl groups is 1. The predicted octanol–water partition coefficient (Wildman–Crippen LogP) is 2.01. The van der Waals surface area contributed by atoms with Crippen LogP contribution in [0.4, 0.5) is 0 Å². The monoisotopic (exact) mass is 287 g/mol. The minimum Gasteiger partial charge on any atom is -0.396 e. The smallest absolute Gasteiger partial charge is 0.251 e. The Kier molecular flexibility index (Phi) is 5.51. The van der Waals surface area contributed by atoms with Crippen molar-refractivity contribution in [3.8, 4) is 5.69 Å². The molecule has 5 nitrogen and oxygen atoms in total. The van der Waals surface area contributed by atoms with E-state index in [2.05, 4.69) is 17.3 Å². The number of carbonyl (C=O) groups is 1. The van der Waals surface area contributed by atoms with Crippen LogP contribution in [0.2, 0.25) is 0 Å². The van der Waals surface area contributed by atoms with Gasteiger partial charge in [0.15, 0.2) is 0 Å². The summed E-state index contributed by atoms with van der Waals surface area (Å²) in [5.41, 5.74) is 1.55. The summed E-state index contributed by atoms with van der Waals surface area (Å²) in [4.78, 5) is 12.1. The van der Waals surface area contributed by atoms with Gasteiger partial charge in [-0.2, -0.15) is 5.10 Å². The van der Waals surface area contributed by atoms with Gasteiger partial charge in [-0.05, 0) is 42.7 Å². The lowest BCUT2D eigenvalue weighted by Crippen LogP contribution is -2.29. The van der Waals surface area contributed by atoms with Gasteiger partial charge in [-0.25, -0.2) is 4.68 Å². The molecule has 112 valence electrons. The fourth-order valence-corrected chi connectivity index (χ4v) is 2.16. The zero-order valence-electron chi connectivity index (χ0n) is 12.2. The topological polar surface area (TPSA) is 67.2 Å². The number of hydrogen-bond donors (Lipinski definition) is 2. The van der Waals surface area contributed by atoms with E-state index in [1.165, 1.54) is 0 Å². The first-order chi connectivity index (χ1) is 10.2. The number of nitrogens with one attached hydrogen (secondary N) is 1. The van der Waals surface area contributed by atoms with Crippen LogP contribution in [0.15, 0.2) is 42.7 Å². The molecule has 0 saturated carbocycles. The molecule has 0 bridgehead atoms. The highest BCUT2D eigenvalue weighted by Crippen LogP contribution is 2.10. The molecule has 1 aromatic carbocycles. The molecule has 1 aromatic heterocycles. The van der Waals surface area contributed by atoms with Gasteiger partial charge < -0.3 is 10.4 Å². The van der Waals surface area contributed by atoms with Crippen LogP contribution >= 0.6 is 0 Å². The highest BCUT2D eigenvalue weighted by atomic mass is 16.3. The van der Waals surface area contributed by atoms with Crippen LogP contribution in [0.1, 0.15) is 30.1 Å². The lowest BCUT2D eigenvalue weighted by molar-refractivity contribution is 0.0943. The van der Waals surface area contributed by atoms with Gasteiger partial charge in [0.05, 0.1) is 5.69 Å². The fourth-order valence-electron chi connectivity index (χ4n) is 2.16. The number of rotatable bonds is 7. The summed E-state index contributed by atoms with van der Waals surface area (Å²) in [6.45, 7) is 2.81. The van der Waals surface area contributed by atoms with Gasteiger partial charge in [-0.15, -0.1) is 0 Å². The molecule has 0 aliphatic carbocycles. The molecular formula is C16H21N3O2. The van der Waals surface area contributed by atoms with E-state index in [9.17, 15) is 4.79 Å². The van der Waals surface area contributed by atoms with Crippen molar-refractivity contribution in [2.24, 2.45) is 5.92 Å². The summed E-state index contributed by atoms with van der Waals surface area (Å²) in [5, 5.41) is 16.0. The molecule has 0 aliphatic rings. The van der Waals surface area contributed by atoms with Crippen molar-refractivity contribution < 1.29 is 9.90 Å². The maximum atomic E-state index is 12.1. The van der Waals surface area contributed by atoms with E-state index >= 15 is 0 Å². The summed E-state index contributed by atoms with van der Waals surface area (Å²) in [6.07, 6.45) is 5.23. The van der Waals surface area contributed by atoms with Crippen molar-refractivity contribution in [2.45, 2.75) is 19.8 Å². The molecular weight excluding hydrogens is 266 g/mol. The predicted molar refractivity (Wildman–Crippen MR) is 81.4 cm³/mol. The third-order valence-corrected chi connectivity index (χ3v) is 3.56. The lowest BCUT2D eigenvalue weighted by atomic mass is 10.0. The summed E-state index contributed by atoms with van der Waals surface area (Å²) in [7, 11) is 0. The van der Waals surface area contributed by atoms with Gasteiger partial charge in [0.1, 0.15) is 0 Å². The van der Waals surface area contributed by atoms with E-state index in [0.717, 1.165) is 18.5 Å². The molecule has 1 amide bonds. The Morgan fingerprint density at radius 2 is 2.14 bits per heavy atom. The van der Waals surface area contributed by atoms with E-state index in [0.29, 0.717) is 18.0 Å². The Balaban J connectivity index is 1.94. The number of carbonyl (C=O) groups excluding carboxylic acids is 1. The molecule has 1 heterocycles. The van der Waals surface area contributed by atoms with Crippen LogP contribution in [0.5, 0.6) is 0 Å². The van der Waals surface area contributed by atoms with Crippen LogP contribution in [0.3, 0.4) is 0 Å². The van der Waals surface area contributed by atoms with Gasteiger partial charge in [0.2, 0.25) is 0 Å². The molecule has 0 radical (unpaired) electrons. The van der Waals surface area contributed by atoms with Crippen LogP contribution in [-0.2, 0) is 0 Å². The Morgan fingerprint density at radius 3 is 2.71 bits per heavy atom. The maximum absolute atomic E-state index is 12.1. The van der Waals surface area contributed by atoms with Gasteiger partial charge >= 0.3 is 0 Å². The van der Waals surface area contributed by atoms with Crippen molar-refractivity contribution in [3.63, 3.8) is 0 Å². The Bertz CT molecular complexity index is 549. The highest BCUT2D eigenvalue weighted by Gasteiger charge is 2.10. The molecule has 0 saturated heterocycles. The largest absolute Gasteiger partial charge is 0.396 e. The molecule has 1 unspecified atom stereocenters. The number of hydrogen-bond acceptors (Lipinski definition) is 3. The van der Waals surface area contributed by atoms with Gasteiger partial charge in [0, 0.05) is 31.1 Å². The number of nitrogens with zero attached hydrogens (tertiary/aromatic N) is 2. The van der Waals surface area contributed by atoms with Gasteiger partial charge in [-0.3, -0.25) is 4.79 Å². The first kappa shape index (κ1) is 15.3. The van der Waals surface area contributed by atoms with Crippen LogP contribution < -0.4 is 5.32 Å². The Morgan fingerprint density at radius 1 is 1.38 bits per heavy atom. The van der Waals surface area contributed by atoms with Crippen molar-refractivity contribution in [2.75, 3.05) is 13.2 Å². The number of aliphatic hydroxyl groups excluding tert-OH is 1. The van der Waals surface area contributed by atoms with E-state index in [1.54, 1.807) is 23.0 Å². The molecule has 5 heteroatoms. The zero-order chi connectivity index (χ0) is 15.1. The van der Waals surface area contributed by atoms with Crippen LogP contribution in [-0.4, -0.2) is 33.9 Å². The molecule has 2 rings (SSSR count). The normalized spacial score (nSPS) is 12.1. The van der Waals surface area contributed by atoms with E-state index in [-0.39, 0.29) is 12.5 Å². The zero-order valence-corrected chi connectivity index (χ0v) is 12.2. The van der Waals surface area contributed by atoms with Gasteiger partial charge in [0.25, 0.3) is 5.91 Å². The van der Waals surface area contributed by atoms with Crippen molar-refractivity contribution in [1.29, 1.82) is 0 Å². The Labute approximate surface area is 124 Å². The second-order valence-electron chi connectivity index (χ2n) is 4.99. The quantitative estimate of drug-likeness (QED) is 0.818. The molecule has 1 atom stereocenters. The molecule has 0 aliphatic heterocycles. The lowest BCUT2D eigenvalue weighted by Gasteiger charge is -2.14. The summed E-state index contributed by atoms with van der Waals surface area (Å²) >= 11 is 0. The maximum Gasteiger partial charge on any atom is 0.251 e. The van der Waals surface area contributed by atoms with Crippen molar-refractivity contribution in [3.05, 3.63) is 48.3 Å². The first-order valence-corrected chi connectivity index (χ1v) is 7.23. The summed E-state index contributed by atoms with van der Waals surface area (Å²) < 4.78 is 1.75.